The molecule has 1 heterocycles. The maximum atomic E-state index is 13.8. The van der Waals surface area contributed by atoms with Crippen molar-refractivity contribution in [1.29, 1.82) is 0 Å². The van der Waals surface area contributed by atoms with Crippen LogP contribution in [0, 0.1) is 17.8 Å². The monoisotopic (exact) mass is 717 g/mol. The van der Waals surface area contributed by atoms with Gasteiger partial charge in [0.25, 0.3) is 0 Å². The number of carboxylic acid groups (broad SMARTS) is 1. The molecule has 0 unspecified atom stereocenters. The zero-order valence-corrected chi connectivity index (χ0v) is 30.3. The van der Waals surface area contributed by atoms with Crippen molar-refractivity contribution in [2.75, 3.05) is 6.54 Å². The van der Waals surface area contributed by atoms with Crippen LogP contribution in [0.1, 0.15) is 79.2 Å². The van der Waals surface area contributed by atoms with Gasteiger partial charge < -0.3 is 47.8 Å². The van der Waals surface area contributed by atoms with Gasteiger partial charge in [-0.1, -0.05) is 60.1 Å². The van der Waals surface area contributed by atoms with Gasteiger partial charge in [-0.05, 0) is 54.7 Å². The minimum Gasteiger partial charge on any atom is -0.508 e. The van der Waals surface area contributed by atoms with E-state index in [0.717, 1.165) is 0 Å². The van der Waals surface area contributed by atoms with Crippen molar-refractivity contribution in [1.82, 2.24) is 26.2 Å². The number of likely N-dealkylation sites (tertiary alicyclic amines) is 1. The lowest BCUT2D eigenvalue weighted by atomic mass is 9.97. The van der Waals surface area contributed by atoms with Crippen LogP contribution in [0.3, 0.4) is 0 Å². The number of aromatic hydroxyl groups is 1. The number of nitrogens with two attached hydrogens (primary N) is 2. The number of aliphatic carboxylic acids is 1. The fraction of sp³-hybridized carbons (Fsp3) is 0.629. The molecule has 1 aromatic rings. The van der Waals surface area contributed by atoms with Crippen molar-refractivity contribution in [3.8, 4) is 5.75 Å². The second kappa shape index (κ2) is 19.6. The summed E-state index contributed by atoms with van der Waals surface area (Å²) in [6.07, 6.45) is 0.783. The first-order valence-electron chi connectivity index (χ1n) is 17.4. The molecule has 284 valence electrons. The number of amides is 6. The van der Waals surface area contributed by atoms with Crippen LogP contribution >= 0.6 is 0 Å². The minimum atomic E-state index is -1.52. The van der Waals surface area contributed by atoms with Crippen LogP contribution in [-0.2, 0) is 40.0 Å². The maximum Gasteiger partial charge on any atom is 0.326 e. The van der Waals surface area contributed by atoms with Crippen molar-refractivity contribution in [3.63, 3.8) is 0 Å². The smallest absolute Gasteiger partial charge is 0.326 e. The Bertz CT molecular complexity index is 1400. The van der Waals surface area contributed by atoms with E-state index in [-0.39, 0.29) is 43.4 Å². The van der Waals surface area contributed by atoms with Crippen LogP contribution in [0.25, 0.3) is 0 Å². The number of carbonyl (C=O) groups is 7. The van der Waals surface area contributed by atoms with Gasteiger partial charge in [0.1, 0.15) is 36.0 Å². The molecular weight excluding hydrogens is 662 g/mol. The number of hydrogen-bond acceptors (Lipinski definition) is 9. The first kappa shape index (κ1) is 42.4. The molecule has 1 aliphatic heterocycles. The average molecular weight is 718 g/mol. The molecule has 1 saturated heterocycles. The highest BCUT2D eigenvalue weighted by Crippen LogP contribution is 2.21. The van der Waals surface area contributed by atoms with E-state index >= 15 is 0 Å². The van der Waals surface area contributed by atoms with Gasteiger partial charge in [-0.25, -0.2) is 4.79 Å². The van der Waals surface area contributed by atoms with Crippen LogP contribution in [-0.4, -0.2) is 99.3 Å². The molecule has 1 aliphatic rings. The Morgan fingerprint density at radius 2 is 1.41 bits per heavy atom. The Kier molecular flexibility index (Phi) is 16.3. The van der Waals surface area contributed by atoms with E-state index in [1.54, 1.807) is 46.8 Å². The summed E-state index contributed by atoms with van der Waals surface area (Å²) >= 11 is 0. The number of nitrogens with one attached hydrogen (secondary N) is 4. The number of phenols is 1. The number of hydrogen-bond donors (Lipinski definition) is 8. The van der Waals surface area contributed by atoms with Gasteiger partial charge in [-0.2, -0.15) is 0 Å². The van der Waals surface area contributed by atoms with Crippen molar-refractivity contribution in [2.24, 2.45) is 29.2 Å². The quantitative estimate of drug-likeness (QED) is 0.0942. The largest absolute Gasteiger partial charge is 0.508 e. The molecule has 0 bridgehead atoms. The summed E-state index contributed by atoms with van der Waals surface area (Å²) in [5.74, 6) is -6.44. The fourth-order valence-corrected chi connectivity index (χ4v) is 5.77. The highest BCUT2D eigenvalue weighted by Gasteiger charge is 2.39. The molecule has 10 N–H and O–H groups in total. The van der Waals surface area contributed by atoms with Gasteiger partial charge in [-0.15, -0.1) is 0 Å². The first-order chi connectivity index (χ1) is 23.9. The van der Waals surface area contributed by atoms with E-state index in [9.17, 15) is 43.8 Å². The van der Waals surface area contributed by atoms with Gasteiger partial charge in [0.05, 0.1) is 12.5 Å². The van der Waals surface area contributed by atoms with Crippen molar-refractivity contribution >= 4 is 41.4 Å². The summed E-state index contributed by atoms with van der Waals surface area (Å²) < 4.78 is 0. The average Bonchev–Trinajstić information content (AvgIpc) is 3.56. The Labute approximate surface area is 298 Å². The molecular formula is C35H55N7O9. The number of rotatable bonds is 19. The number of carboxylic acids is 1. The standard InChI is InChI=1S/C35H55N7O9/c1-7-20(6)28(37)32(47)41-29(19(4)5)33(48)39-24(17-27(36)44)31(46)38-23(15-18(2)3)30(45)40-25(16-21-10-12-22(43)13-11-21)34(49)42-14-8-9-26(42)35(50)51/h10-13,18-20,23-26,28-29,43H,7-9,14-17,37H2,1-6H3,(H2,36,44)(H,38,46)(H,39,48)(H,40,45)(H,41,47)(H,50,51)/t20-,23-,24-,25-,26-,28-,29-/m0/s1. The van der Waals surface area contributed by atoms with Gasteiger partial charge in [-0.3, -0.25) is 28.8 Å². The SMILES string of the molecule is CC[C@H](C)[C@H](N)C(=O)N[C@H](C(=O)N[C@@H](CC(N)=O)C(=O)N[C@@H](CC(C)C)C(=O)N[C@@H](Cc1ccc(O)cc1)C(=O)N1CCC[C@H]1C(=O)O)C(C)C. The molecule has 6 amide bonds. The molecule has 0 spiro atoms. The van der Waals surface area contributed by atoms with Crippen molar-refractivity contribution in [2.45, 2.75) is 116 Å². The van der Waals surface area contributed by atoms with Crippen molar-refractivity contribution in [3.05, 3.63) is 29.8 Å². The van der Waals surface area contributed by atoms with Crippen LogP contribution in [0.2, 0.25) is 0 Å². The van der Waals surface area contributed by atoms with E-state index in [2.05, 4.69) is 21.3 Å². The lowest BCUT2D eigenvalue weighted by molar-refractivity contribution is -0.149. The molecule has 0 aromatic heterocycles. The summed E-state index contributed by atoms with van der Waals surface area (Å²) in [7, 11) is 0. The summed E-state index contributed by atoms with van der Waals surface area (Å²) in [4.78, 5) is 92.6. The lowest BCUT2D eigenvalue weighted by Crippen LogP contribution is -2.61. The molecule has 1 aromatic carbocycles. The molecule has 1 fully saturated rings. The zero-order valence-electron chi connectivity index (χ0n) is 30.3. The Morgan fingerprint density at radius 3 is 1.94 bits per heavy atom. The van der Waals surface area contributed by atoms with E-state index in [4.69, 9.17) is 11.5 Å². The molecule has 7 atom stereocenters. The Morgan fingerprint density at radius 1 is 0.843 bits per heavy atom. The molecule has 16 nitrogen and oxygen atoms in total. The van der Waals surface area contributed by atoms with E-state index in [1.807, 2.05) is 6.92 Å². The number of phenolic OH excluding ortho intramolecular Hbond substituents is 1. The van der Waals surface area contributed by atoms with E-state index < -0.39 is 90.0 Å². The summed E-state index contributed by atoms with van der Waals surface area (Å²) in [6, 6.07) is -1.09. The highest BCUT2D eigenvalue weighted by atomic mass is 16.4. The summed E-state index contributed by atoms with van der Waals surface area (Å²) in [6.45, 7) is 10.8. The summed E-state index contributed by atoms with van der Waals surface area (Å²) in [5.41, 5.74) is 12.0. The number of nitrogens with zero attached hydrogens (tertiary/aromatic N) is 1. The fourth-order valence-electron chi connectivity index (χ4n) is 5.77. The van der Waals surface area contributed by atoms with Crippen LogP contribution < -0.4 is 32.7 Å². The lowest BCUT2D eigenvalue weighted by Gasteiger charge is -2.30. The molecule has 51 heavy (non-hydrogen) atoms. The van der Waals surface area contributed by atoms with E-state index in [1.165, 1.54) is 17.0 Å². The normalized spacial score (nSPS) is 17.8. The van der Waals surface area contributed by atoms with Gasteiger partial charge >= 0.3 is 5.97 Å². The second-order valence-corrected chi connectivity index (χ2v) is 14.0. The Balaban J connectivity index is 2.34. The topological polar surface area (TPSA) is 263 Å². The van der Waals surface area contributed by atoms with Gasteiger partial charge in [0.2, 0.25) is 35.4 Å². The second-order valence-electron chi connectivity index (χ2n) is 14.0. The van der Waals surface area contributed by atoms with Crippen molar-refractivity contribution < 1.29 is 43.8 Å². The number of carbonyl (C=O) groups excluding carboxylic acids is 6. The summed E-state index contributed by atoms with van der Waals surface area (Å²) in [5, 5.41) is 29.8. The Hall–Kier alpha value is -4.73. The molecule has 16 heteroatoms. The minimum absolute atomic E-state index is 0.00905. The van der Waals surface area contributed by atoms with Crippen LogP contribution in [0.5, 0.6) is 5.75 Å². The molecule has 0 saturated carbocycles. The van der Waals surface area contributed by atoms with Gasteiger partial charge in [0.15, 0.2) is 0 Å². The number of primary amides is 1. The molecule has 0 radical (unpaired) electrons. The highest BCUT2D eigenvalue weighted by molar-refractivity contribution is 5.98. The third kappa shape index (κ3) is 12.8. The van der Waals surface area contributed by atoms with Crippen LogP contribution in [0.4, 0.5) is 0 Å². The van der Waals surface area contributed by atoms with E-state index in [0.29, 0.717) is 18.4 Å². The third-order valence-corrected chi connectivity index (χ3v) is 9.00. The van der Waals surface area contributed by atoms with Gasteiger partial charge in [0, 0.05) is 13.0 Å². The third-order valence-electron chi connectivity index (χ3n) is 9.00. The predicted octanol–water partition coefficient (Wildman–Crippen LogP) is -0.0996. The number of benzene rings is 1. The molecule has 0 aliphatic carbocycles. The zero-order chi connectivity index (χ0) is 38.6. The predicted molar refractivity (Wildman–Crippen MR) is 187 cm³/mol. The van der Waals surface area contributed by atoms with Crippen LogP contribution in [0.15, 0.2) is 24.3 Å². The molecule has 2 rings (SSSR count). The maximum absolute atomic E-state index is 13.8. The first-order valence-corrected chi connectivity index (χ1v) is 17.4.